The van der Waals surface area contributed by atoms with Crippen molar-refractivity contribution < 1.29 is 0 Å². The van der Waals surface area contributed by atoms with E-state index in [-0.39, 0.29) is 6.04 Å². The molecule has 134 valence electrons. The van der Waals surface area contributed by atoms with Crippen molar-refractivity contribution in [1.29, 1.82) is 0 Å². The summed E-state index contributed by atoms with van der Waals surface area (Å²) in [5, 5.41) is 12.0. The Hall–Kier alpha value is -1.79. The molecule has 1 aromatic carbocycles. The Kier molecular flexibility index (Phi) is 4.81. The molecule has 0 spiro atoms. The second-order valence-electron chi connectivity index (χ2n) is 7.55. The van der Waals surface area contributed by atoms with Gasteiger partial charge in [-0.15, -0.1) is 5.10 Å². The third-order valence-electron chi connectivity index (χ3n) is 6.02. The van der Waals surface area contributed by atoms with Crippen LogP contribution in [0.2, 0.25) is 0 Å². The van der Waals surface area contributed by atoms with Gasteiger partial charge < -0.3 is 0 Å². The summed E-state index contributed by atoms with van der Waals surface area (Å²) in [6.07, 6.45) is 3.89. The lowest BCUT2D eigenvalue weighted by molar-refractivity contribution is 0.00366. The van der Waals surface area contributed by atoms with Crippen LogP contribution in [-0.2, 0) is 13.6 Å². The van der Waals surface area contributed by atoms with Crippen LogP contribution in [0.4, 0.5) is 0 Å². The topological polar surface area (TPSA) is 50.1 Å². The molecule has 3 atom stereocenters. The van der Waals surface area contributed by atoms with Crippen molar-refractivity contribution in [3.05, 3.63) is 41.7 Å². The van der Waals surface area contributed by atoms with Crippen molar-refractivity contribution in [2.45, 2.75) is 44.8 Å². The van der Waals surface area contributed by atoms with Gasteiger partial charge in [0.2, 0.25) is 0 Å². The standard InChI is InChI=1S/C19H28N6/c1-15(19-20-21-22-23(19)2)24-12-10-18-17(14-24)9-6-11-25(18)13-16-7-4-3-5-8-16/h3-5,7-8,15,17-18H,6,9-14H2,1-2H3/t15-,17+,18+/m1/s1. The quantitative estimate of drug-likeness (QED) is 0.854. The summed E-state index contributed by atoms with van der Waals surface area (Å²) in [5.41, 5.74) is 1.43. The fraction of sp³-hybridized carbons (Fsp3) is 0.632. The largest absolute Gasteiger partial charge is 0.296 e. The maximum absolute atomic E-state index is 4.22. The molecular formula is C19H28N6. The zero-order valence-electron chi connectivity index (χ0n) is 15.3. The van der Waals surface area contributed by atoms with Crippen LogP contribution in [0.25, 0.3) is 0 Å². The Morgan fingerprint density at radius 2 is 2.00 bits per heavy atom. The van der Waals surface area contributed by atoms with E-state index >= 15 is 0 Å². The normalized spacial score (nSPS) is 26.3. The molecule has 2 saturated heterocycles. The number of nitrogens with zero attached hydrogens (tertiary/aromatic N) is 6. The fourth-order valence-corrected chi connectivity index (χ4v) is 4.65. The number of rotatable bonds is 4. The number of aromatic nitrogens is 4. The molecule has 0 radical (unpaired) electrons. The van der Waals surface area contributed by atoms with Crippen molar-refractivity contribution in [1.82, 2.24) is 30.0 Å². The van der Waals surface area contributed by atoms with Crippen LogP contribution in [0.1, 0.15) is 43.6 Å². The zero-order chi connectivity index (χ0) is 17.2. The molecule has 2 aliphatic rings. The maximum atomic E-state index is 4.22. The Balaban J connectivity index is 1.42. The van der Waals surface area contributed by atoms with Gasteiger partial charge in [0.15, 0.2) is 5.82 Å². The van der Waals surface area contributed by atoms with E-state index < -0.39 is 0 Å². The zero-order valence-corrected chi connectivity index (χ0v) is 15.3. The minimum atomic E-state index is 0.283. The first kappa shape index (κ1) is 16.7. The van der Waals surface area contributed by atoms with E-state index in [4.69, 9.17) is 0 Å². The van der Waals surface area contributed by atoms with Crippen LogP contribution in [-0.4, -0.2) is 55.7 Å². The van der Waals surface area contributed by atoms with Gasteiger partial charge in [-0.05, 0) is 54.6 Å². The number of piperidine rings is 2. The molecule has 1 aromatic heterocycles. The summed E-state index contributed by atoms with van der Waals surface area (Å²) in [6, 6.07) is 11.9. The Morgan fingerprint density at radius 3 is 2.76 bits per heavy atom. The van der Waals surface area contributed by atoms with Gasteiger partial charge >= 0.3 is 0 Å². The van der Waals surface area contributed by atoms with Crippen molar-refractivity contribution in [3.8, 4) is 0 Å². The Labute approximate surface area is 149 Å². The van der Waals surface area contributed by atoms with E-state index in [1.807, 2.05) is 7.05 Å². The molecular weight excluding hydrogens is 312 g/mol. The predicted molar refractivity (Wildman–Crippen MR) is 96.8 cm³/mol. The lowest BCUT2D eigenvalue weighted by Gasteiger charge is -2.48. The molecule has 4 rings (SSSR count). The van der Waals surface area contributed by atoms with Crippen molar-refractivity contribution in [2.24, 2.45) is 13.0 Å². The summed E-state index contributed by atoms with van der Waals surface area (Å²) in [6.45, 7) is 6.84. The number of fused-ring (bicyclic) bond motifs is 1. The molecule has 2 aromatic rings. The van der Waals surface area contributed by atoms with Gasteiger partial charge in [-0.1, -0.05) is 30.3 Å². The highest BCUT2D eigenvalue weighted by molar-refractivity contribution is 5.15. The highest BCUT2D eigenvalue weighted by Crippen LogP contribution is 2.34. The van der Waals surface area contributed by atoms with Gasteiger partial charge in [0.05, 0.1) is 6.04 Å². The van der Waals surface area contributed by atoms with Gasteiger partial charge in [0.25, 0.3) is 0 Å². The molecule has 3 heterocycles. The number of tetrazole rings is 1. The molecule has 2 fully saturated rings. The smallest absolute Gasteiger partial charge is 0.167 e. The molecule has 2 aliphatic heterocycles. The maximum Gasteiger partial charge on any atom is 0.167 e. The lowest BCUT2D eigenvalue weighted by atomic mass is 9.83. The van der Waals surface area contributed by atoms with Gasteiger partial charge in [-0.25, -0.2) is 4.68 Å². The minimum absolute atomic E-state index is 0.283. The van der Waals surface area contributed by atoms with E-state index in [1.165, 1.54) is 31.4 Å². The first-order valence-electron chi connectivity index (χ1n) is 9.46. The molecule has 6 heteroatoms. The van der Waals surface area contributed by atoms with Crippen molar-refractivity contribution in [3.63, 3.8) is 0 Å². The summed E-state index contributed by atoms with van der Waals surface area (Å²) >= 11 is 0. The van der Waals surface area contributed by atoms with Crippen LogP contribution < -0.4 is 0 Å². The van der Waals surface area contributed by atoms with Crippen LogP contribution in [0.3, 0.4) is 0 Å². The number of hydrogen-bond acceptors (Lipinski definition) is 5. The molecule has 0 unspecified atom stereocenters. The molecule has 0 bridgehead atoms. The van der Waals surface area contributed by atoms with Crippen molar-refractivity contribution >= 4 is 0 Å². The number of benzene rings is 1. The van der Waals surface area contributed by atoms with E-state index in [2.05, 4.69) is 62.6 Å². The highest BCUT2D eigenvalue weighted by Gasteiger charge is 2.37. The van der Waals surface area contributed by atoms with Gasteiger partial charge in [0, 0.05) is 32.7 Å². The molecule has 0 amide bonds. The summed E-state index contributed by atoms with van der Waals surface area (Å²) < 4.78 is 1.80. The number of hydrogen-bond donors (Lipinski definition) is 0. The summed E-state index contributed by atoms with van der Waals surface area (Å²) in [7, 11) is 1.93. The molecule has 0 N–H and O–H groups in total. The Morgan fingerprint density at radius 1 is 1.16 bits per heavy atom. The van der Waals surface area contributed by atoms with Crippen LogP contribution in [0.15, 0.2) is 30.3 Å². The highest BCUT2D eigenvalue weighted by atomic mass is 15.5. The van der Waals surface area contributed by atoms with Crippen molar-refractivity contribution in [2.75, 3.05) is 19.6 Å². The second kappa shape index (κ2) is 7.22. The lowest BCUT2D eigenvalue weighted by Crippen LogP contribution is -2.54. The molecule has 0 saturated carbocycles. The number of aryl methyl sites for hydroxylation is 1. The second-order valence-corrected chi connectivity index (χ2v) is 7.55. The average molecular weight is 340 g/mol. The van der Waals surface area contributed by atoms with E-state index in [1.54, 1.807) is 4.68 Å². The van der Waals surface area contributed by atoms with Crippen LogP contribution in [0.5, 0.6) is 0 Å². The van der Waals surface area contributed by atoms with Gasteiger partial charge in [-0.2, -0.15) is 0 Å². The SMILES string of the molecule is C[C@H](c1nnnn1C)N1CC[C@H]2[C@@H](CCCN2Cc2ccccc2)C1. The summed E-state index contributed by atoms with van der Waals surface area (Å²) in [5.74, 6) is 1.73. The summed E-state index contributed by atoms with van der Waals surface area (Å²) in [4.78, 5) is 5.29. The fourth-order valence-electron chi connectivity index (χ4n) is 4.65. The van der Waals surface area contributed by atoms with E-state index in [0.717, 1.165) is 37.4 Å². The van der Waals surface area contributed by atoms with Gasteiger partial charge in [0.1, 0.15) is 0 Å². The third-order valence-corrected chi connectivity index (χ3v) is 6.02. The Bertz CT molecular complexity index is 684. The first-order chi connectivity index (χ1) is 12.2. The van der Waals surface area contributed by atoms with Crippen LogP contribution >= 0.6 is 0 Å². The number of likely N-dealkylation sites (tertiary alicyclic amines) is 2. The third kappa shape index (κ3) is 3.46. The first-order valence-corrected chi connectivity index (χ1v) is 9.46. The van der Waals surface area contributed by atoms with E-state index in [9.17, 15) is 0 Å². The minimum Gasteiger partial charge on any atom is -0.296 e. The van der Waals surface area contributed by atoms with Gasteiger partial charge in [-0.3, -0.25) is 9.80 Å². The predicted octanol–water partition coefficient (Wildman–Crippen LogP) is 2.26. The molecule has 6 nitrogen and oxygen atoms in total. The van der Waals surface area contributed by atoms with Crippen LogP contribution in [0, 0.1) is 5.92 Å². The van der Waals surface area contributed by atoms with E-state index in [0.29, 0.717) is 0 Å². The monoisotopic (exact) mass is 340 g/mol. The average Bonchev–Trinajstić information content (AvgIpc) is 3.08. The molecule has 0 aliphatic carbocycles. The molecule has 25 heavy (non-hydrogen) atoms.